The van der Waals surface area contributed by atoms with Crippen LogP contribution in [-0.2, 0) is 4.79 Å². The van der Waals surface area contributed by atoms with Gasteiger partial charge in [-0.2, -0.15) is 0 Å². The van der Waals surface area contributed by atoms with Crippen LogP contribution in [0.1, 0.15) is 25.8 Å². The topological polar surface area (TPSA) is 46.5 Å². The maximum absolute atomic E-state index is 10.6. The number of ether oxygens (including phenoxy) is 1. The maximum atomic E-state index is 10.6. The molecule has 1 aliphatic rings. The molecule has 3 heteroatoms. The quantitative estimate of drug-likeness (QED) is 0.670. The van der Waals surface area contributed by atoms with E-state index < -0.39 is 5.97 Å². The number of carboxylic acids is 1. The fourth-order valence-electron chi connectivity index (χ4n) is 2.22. The van der Waals surface area contributed by atoms with Crippen molar-refractivity contribution in [1.29, 1.82) is 0 Å². The third-order valence-corrected chi connectivity index (χ3v) is 3.30. The molecule has 1 heterocycles. The Morgan fingerprint density at radius 1 is 1.35 bits per heavy atom. The molecule has 0 fully saturated rings. The number of hydrogen-bond acceptors (Lipinski definition) is 2. The summed E-state index contributed by atoms with van der Waals surface area (Å²) < 4.78 is 5.74. The molecule has 104 valence electrons. The van der Waals surface area contributed by atoms with Gasteiger partial charge in [-0.1, -0.05) is 30.4 Å². The fraction of sp³-hybridized carbons (Fsp3) is 0.235. The molecule has 0 spiro atoms. The molecule has 1 aliphatic heterocycles. The molecule has 0 bridgehead atoms. The van der Waals surface area contributed by atoms with Crippen LogP contribution >= 0.6 is 0 Å². The Labute approximate surface area is 118 Å². The van der Waals surface area contributed by atoms with Crippen LogP contribution in [0, 0.1) is 0 Å². The molecule has 20 heavy (non-hydrogen) atoms. The van der Waals surface area contributed by atoms with Crippen LogP contribution < -0.4 is 4.74 Å². The second-order valence-corrected chi connectivity index (χ2v) is 4.80. The molecule has 0 radical (unpaired) electrons. The average Bonchev–Trinajstić information content (AvgIpc) is 2.56. The van der Waals surface area contributed by atoms with E-state index in [1.165, 1.54) is 17.2 Å². The minimum absolute atomic E-state index is 0.635. The van der Waals surface area contributed by atoms with Crippen LogP contribution in [0.4, 0.5) is 0 Å². The maximum Gasteiger partial charge on any atom is 0.328 e. The lowest BCUT2D eigenvalue weighted by Crippen LogP contribution is -1.95. The van der Waals surface area contributed by atoms with Crippen molar-refractivity contribution in [2.45, 2.75) is 20.3 Å². The lowest BCUT2D eigenvalue weighted by atomic mass is 9.99. The summed E-state index contributed by atoms with van der Waals surface area (Å²) in [7, 11) is 0. The molecule has 0 saturated heterocycles. The molecule has 0 aliphatic carbocycles. The van der Waals surface area contributed by atoms with Crippen LogP contribution in [0.15, 0.2) is 53.6 Å². The number of hydrogen-bond donors (Lipinski definition) is 1. The van der Waals surface area contributed by atoms with Gasteiger partial charge >= 0.3 is 5.97 Å². The van der Waals surface area contributed by atoms with Gasteiger partial charge in [-0.25, -0.2) is 4.79 Å². The number of benzene rings is 1. The van der Waals surface area contributed by atoms with E-state index in [-0.39, 0.29) is 0 Å². The largest absolute Gasteiger partial charge is 0.493 e. The zero-order valence-electron chi connectivity index (χ0n) is 11.7. The van der Waals surface area contributed by atoms with Gasteiger partial charge in [0.1, 0.15) is 5.75 Å². The van der Waals surface area contributed by atoms with Crippen LogP contribution in [0.2, 0.25) is 0 Å². The summed E-state index contributed by atoms with van der Waals surface area (Å²) in [6, 6.07) is 7.98. The first-order valence-electron chi connectivity index (χ1n) is 6.59. The highest BCUT2D eigenvalue weighted by Crippen LogP contribution is 2.32. The van der Waals surface area contributed by atoms with E-state index in [4.69, 9.17) is 9.84 Å². The highest BCUT2D eigenvalue weighted by atomic mass is 16.5. The van der Waals surface area contributed by atoms with E-state index in [2.05, 4.69) is 6.92 Å². The van der Waals surface area contributed by atoms with Gasteiger partial charge in [0.2, 0.25) is 0 Å². The van der Waals surface area contributed by atoms with Gasteiger partial charge in [-0.3, -0.25) is 0 Å². The van der Waals surface area contributed by atoms with Crippen LogP contribution in [0.25, 0.3) is 5.57 Å². The number of allylic oxidation sites excluding steroid dienone is 4. The standard InChI is InChI=1S/C17H18O3/c1-12(11-17(18)19)7-8-14-9-10-20-16-6-4-3-5-15(16)13(14)2/h3-8,11H,9-10H2,1-2H3,(H,18,19)/b8-7+,12-11+. The van der Waals surface area contributed by atoms with Crippen molar-refractivity contribution >= 4 is 11.5 Å². The number of fused-ring (bicyclic) bond motifs is 1. The predicted octanol–water partition coefficient (Wildman–Crippen LogP) is 3.83. The Morgan fingerprint density at radius 2 is 2.10 bits per heavy atom. The zero-order chi connectivity index (χ0) is 14.5. The Morgan fingerprint density at radius 3 is 2.85 bits per heavy atom. The second kappa shape index (κ2) is 6.24. The van der Waals surface area contributed by atoms with Crippen molar-refractivity contribution < 1.29 is 14.6 Å². The molecular formula is C17H18O3. The summed E-state index contributed by atoms with van der Waals surface area (Å²) in [6.45, 7) is 4.49. The zero-order valence-corrected chi connectivity index (χ0v) is 11.7. The Hall–Kier alpha value is -2.29. The van der Waals surface area contributed by atoms with Crippen molar-refractivity contribution in [3.05, 3.63) is 59.2 Å². The predicted molar refractivity (Wildman–Crippen MR) is 79.7 cm³/mol. The summed E-state index contributed by atoms with van der Waals surface area (Å²) in [5, 5.41) is 8.71. The van der Waals surface area contributed by atoms with Crippen molar-refractivity contribution in [3.8, 4) is 5.75 Å². The number of rotatable bonds is 3. The number of carbonyl (C=O) groups is 1. The van der Waals surface area contributed by atoms with Crippen LogP contribution in [0.5, 0.6) is 5.75 Å². The van der Waals surface area contributed by atoms with E-state index in [0.717, 1.165) is 23.3 Å². The van der Waals surface area contributed by atoms with E-state index in [1.54, 1.807) is 6.92 Å². The monoisotopic (exact) mass is 270 g/mol. The number of carboxylic acid groups (broad SMARTS) is 1. The molecule has 1 aromatic rings. The van der Waals surface area contributed by atoms with Gasteiger partial charge in [0.25, 0.3) is 0 Å². The highest BCUT2D eigenvalue weighted by molar-refractivity contribution is 5.81. The van der Waals surface area contributed by atoms with Crippen molar-refractivity contribution in [3.63, 3.8) is 0 Å². The summed E-state index contributed by atoms with van der Waals surface area (Å²) in [6.07, 6.45) is 5.83. The molecule has 0 amide bonds. The molecule has 3 nitrogen and oxygen atoms in total. The van der Waals surface area contributed by atoms with E-state index in [0.29, 0.717) is 6.61 Å². The summed E-state index contributed by atoms with van der Waals surface area (Å²) >= 11 is 0. The van der Waals surface area contributed by atoms with E-state index >= 15 is 0 Å². The van der Waals surface area contributed by atoms with Crippen LogP contribution in [0.3, 0.4) is 0 Å². The first kappa shape index (κ1) is 14.1. The van der Waals surface area contributed by atoms with Gasteiger partial charge in [-0.05, 0) is 36.6 Å². The third kappa shape index (κ3) is 3.38. The SMILES string of the molecule is CC1=C(/C=C/C(C)=C/C(=O)O)CCOc2ccccc21. The second-order valence-electron chi connectivity index (χ2n) is 4.80. The van der Waals surface area contributed by atoms with Crippen molar-refractivity contribution in [2.75, 3.05) is 6.61 Å². The molecule has 0 aromatic heterocycles. The smallest absolute Gasteiger partial charge is 0.328 e. The van der Waals surface area contributed by atoms with E-state index in [9.17, 15) is 4.79 Å². The van der Waals surface area contributed by atoms with Gasteiger partial charge in [0.15, 0.2) is 0 Å². The molecule has 0 saturated carbocycles. The molecular weight excluding hydrogens is 252 g/mol. The van der Waals surface area contributed by atoms with Gasteiger partial charge in [-0.15, -0.1) is 0 Å². The number of para-hydroxylation sites is 1. The van der Waals surface area contributed by atoms with Crippen molar-refractivity contribution in [1.82, 2.24) is 0 Å². The van der Waals surface area contributed by atoms with Gasteiger partial charge in [0, 0.05) is 18.1 Å². The first-order valence-corrected chi connectivity index (χ1v) is 6.59. The molecule has 0 unspecified atom stereocenters. The average molecular weight is 270 g/mol. The van der Waals surface area contributed by atoms with Gasteiger partial charge < -0.3 is 9.84 Å². The summed E-state index contributed by atoms with van der Waals surface area (Å²) in [5.41, 5.74) is 4.17. The fourth-order valence-corrected chi connectivity index (χ4v) is 2.22. The lowest BCUT2D eigenvalue weighted by molar-refractivity contribution is -0.131. The van der Waals surface area contributed by atoms with Gasteiger partial charge in [0.05, 0.1) is 6.61 Å². The Kier molecular flexibility index (Phi) is 4.41. The summed E-state index contributed by atoms with van der Waals surface area (Å²) in [5.74, 6) is -0.0152. The first-order chi connectivity index (χ1) is 9.58. The minimum Gasteiger partial charge on any atom is -0.493 e. The highest BCUT2D eigenvalue weighted by Gasteiger charge is 2.12. The molecule has 0 atom stereocenters. The third-order valence-electron chi connectivity index (χ3n) is 3.30. The Balaban J connectivity index is 2.32. The minimum atomic E-state index is -0.924. The van der Waals surface area contributed by atoms with Crippen LogP contribution in [-0.4, -0.2) is 17.7 Å². The Bertz CT molecular complexity index is 606. The summed E-state index contributed by atoms with van der Waals surface area (Å²) in [4.78, 5) is 10.6. The van der Waals surface area contributed by atoms with E-state index in [1.807, 2.05) is 36.4 Å². The molecule has 2 rings (SSSR count). The normalized spacial score (nSPS) is 15.8. The molecule has 1 aromatic carbocycles. The van der Waals surface area contributed by atoms with Crippen molar-refractivity contribution in [2.24, 2.45) is 0 Å². The number of aliphatic carboxylic acids is 1. The molecule has 1 N–H and O–H groups in total. The lowest BCUT2D eigenvalue weighted by Gasteiger charge is -2.07.